The third-order valence-corrected chi connectivity index (χ3v) is 3.68. The quantitative estimate of drug-likeness (QED) is 0.723. The van der Waals surface area contributed by atoms with Gasteiger partial charge in [-0.15, -0.1) is 0 Å². The zero-order valence-electron chi connectivity index (χ0n) is 12.9. The first-order chi connectivity index (χ1) is 9.15. The van der Waals surface area contributed by atoms with E-state index in [0.29, 0.717) is 17.9 Å². The molecule has 108 valence electrons. The Hall–Kier alpha value is -1.02. The molecule has 1 N–H and O–H groups in total. The molecule has 2 heteroatoms. The molecule has 19 heavy (non-hydrogen) atoms. The van der Waals surface area contributed by atoms with Gasteiger partial charge in [0.2, 0.25) is 0 Å². The van der Waals surface area contributed by atoms with E-state index in [9.17, 15) is 0 Å². The number of nitrogens with one attached hydrogen (secondary N) is 1. The molecule has 0 bridgehead atoms. The first-order valence-corrected chi connectivity index (χ1v) is 7.56. The second-order valence-electron chi connectivity index (χ2n) is 5.60. The van der Waals surface area contributed by atoms with Crippen LogP contribution in [0.25, 0.3) is 0 Å². The summed E-state index contributed by atoms with van der Waals surface area (Å²) >= 11 is 0. The molecule has 2 atom stereocenters. The van der Waals surface area contributed by atoms with Crippen LogP contribution in [0.2, 0.25) is 0 Å². The van der Waals surface area contributed by atoms with E-state index in [2.05, 4.69) is 33.0 Å². The first-order valence-electron chi connectivity index (χ1n) is 7.56. The average Bonchev–Trinajstić information content (AvgIpc) is 2.41. The molecule has 1 aromatic rings. The van der Waals surface area contributed by atoms with Crippen molar-refractivity contribution in [3.05, 3.63) is 30.3 Å². The number of hydrogen-bond acceptors (Lipinski definition) is 2. The Morgan fingerprint density at radius 2 is 1.79 bits per heavy atom. The van der Waals surface area contributed by atoms with E-state index in [1.807, 2.05) is 30.3 Å². The Morgan fingerprint density at radius 1 is 1.11 bits per heavy atom. The van der Waals surface area contributed by atoms with E-state index in [0.717, 1.165) is 25.3 Å². The molecule has 0 aromatic heterocycles. The fourth-order valence-electron chi connectivity index (χ4n) is 2.51. The fourth-order valence-corrected chi connectivity index (χ4v) is 2.51. The summed E-state index contributed by atoms with van der Waals surface area (Å²) in [4.78, 5) is 0. The highest BCUT2D eigenvalue weighted by Crippen LogP contribution is 2.20. The number of para-hydroxylation sites is 1. The summed E-state index contributed by atoms with van der Waals surface area (Å²) in [6.45, 7) is 11.0. The molecule has 0 aliphatic rings. The molecular weight excluding hydrogens is 234 g/mol. The summed E-state index contributed by atoms with van der Waals surface area (Å²) in [7, 11) is 0. The molecule has 2 unspecified atom stereocenters. The van der Waals surface area contributed by atoms with Crippen LogP contribution in [0.15, 0.2) is 30.3 Å². The van der Waals surface area contributed by atoms with Crippen LogP contribution in [-0.4, -0.2) is 19.2 Å². The van der Waals surface area contributed by atoms with Crippen molar-refractivity contribution in [2.24, 2.45) is 11.8 Å². The van der Waals surface area contributed by atoms with Gasteiger partial charge in [-0.2, -0.15) is 0 Å². The topological polar surface area (TPSA) is 21.3 Å². The van der Waals surface area contributed by atoms with E-state index < -0.39 is 0 Å². The van der Waals surface area contributed by atoms with Crippen LogP contribution in [0.4, 0.5) is 0 Å². The van der Waals surface area contributed by atoms with Crippen LogP contribution in [0, 0.1) is 11.8 Å². The summed E-state index contributed by atoms with van der Waals surface area (Å²) < 4.78 is 5.81. The molecule has 0 amide bonds. The average molecular weight is 263 g/mol. The fraction of sp³-hybridized carbons (Fsp3) is 0.647. The van der Waals surface area contributed by atoms with Crippen molar-refractivity contribution in [1.29, 1.82) is 0 Å². The molecule has 0 aliphatic heterocycles. The van der Waals surface area contributed by atoms with Crippen LogP contribution in [0.3, 0.4) is 0 Å². The molecule has 0 fully saturated rings. The monoisotopic (exact) mass is 263 g/mol. The maximum Gasteiger partial charge on any atom is 0.119 e. The third-order valence-electron chi connectivity index (χ3n) is 3.68. The van der Waals surface area contributed by atoms with Crippen LogP contribution >= 0.6 is 0 Å². The van der Waals surface area contributed by atoms with E-state index in [-0.39, 0.29) is 0 Å². The molecule has 0 radical (unpaired) electrons. The van der Waals surface area contributed by atoms with E-state index in [4.69, 9.17) is 4.74 Å². The Bertz CT molecular complexity index is 323. The maximum atomic E-state index is 5.81. The van der Waals surface area contributed by atoms with Gasteiger partial charge in [-0.05, 0) is 50.3 Å². The standard InChI is InChI=1S/C17H29NO/c1-5-12-18-15(4)17(14(2)3)11-13-19-16-9-7-6-8-10-16/h6-10,14-15,17-18H,5,11-13H2,1-4H3. The SMILES string of the molecule is CCCNC(C)C(CCOc1ccccc1)C(C)C. The van der Waals surface area contributed by atoms with E-state index in [1.54, 1.807) is 0 Å². The van der Waals surface area contributed by atoms with Crippen LogP contribution in [0.1, 0.15) is 40.5 Å². The molecule has 1 aromatic carbocycles. The minimum absolute atomic E-state index is 0.555. The van der Waals surface area contributed by atoms with Crippen molar-refractivity contribution in [2.45, 2.75) is 46.6 Å². The summed E-state index contributed by atoms with van der Waals surface area (Å²) in [5.74, 6) is 2.31. The van der Waals surface area contributed by atoms with Crippen LogP contribution < -0.4 is 10.1 Å². The minimum Gasteiger partial charge on any atom is -0.494 e. The maximum absolute atomic E-state index is 5.81. The molecular formula is C17H29NO. The van der Waals surface area contributed by atoms with Crippen molar-refractivity contribution >= 4 is 0 Å². The highest BCUT2D eigenvalue weighted by Gasteiger charge is 2.20. The van der Waals surface area contributed by atoms with Crippen molar-refractivity contribution in [3.63, 3.8) is 0 Å². The number of hydrogen-bond donors (Lipinski definition) is 1. The first kappa shape index (κ1) is 16.0. The molecule has 0 saturated heterocycles. The molecule has 1 rings (SSSR count). The van der Waals surface area contributed by atoms with E-state index in [1.165, 1.54) is 6.42 Å². The lowest BCUT2D eigenvalue weighted by atomic mass is 9.86. The lowest BCUT2D eigenvalue weighted by Crippen LogP contribution is -2.37. The van der Waals surface area contributed by atoms with Gasteiger partial charge in [-0.3, -0.25) is 0 Å². The van der Waals surface area contributed by atoms with Crippen molar-refractivity contribution in [3.8, 4) is 5.75 Å². The zero-order valence-corrected chi connectivity index (χ0v) is 12.9. The van der Waals surface area contributed by atoms with Crippen molar-refractivity contribution in [2.75, 3.05) is 13.2 Å². The number of benzene rings is 1. The van der Waals surface area contributed by atoms with Crippen LogP contribution in [0.5, 0.6) is 5.75 Å². The molecule has 0 spiro atoms. The predicted molar refractivity (Wildman–Crippen MR) is 82.6 cm³/mol. The lowest BCUT2D eigenvalue weighted by molar-refractivity contribution is 0.213. The lowest BCUT2D eigenvalue weighted by Gasteiger charge is -2.28. The van der Waals surface area contributed by atoms with Gasteiger partial charge in [0.25, 0.3) is 0 Å². The van der Waals surface area contributed by atoms with Gasteiger partial charge in [0.1, 0.15) is 5.75 Å². The Morgan fingerprint density at radius 3 is 2.37 bits per heavy atom. The van der Waals surface area contributed by atoms with Gasteiger partial charge in [-0.1, -0.05) is 39.0 Å². The Labute approximate surface area is 118 Å². The Kier molecular flexibility index (Phi) is 7.57. The van der Waals surface area contributed by atoms with Gasteiger partial charge in [0.15, 0.2) is 0 Å². The Balaban J connectivity index is 2.37. The summed E-state index contributed by atoms with van der Waals surface area (Å²) in [6.07, 6.45) is 2.29. The predicted octanol–water partition coefficient (Wildman–Crippen LogP) is 4.12. The van der Waals surface area contributed by atoms with Gasteiger partial charge in [0.05, 0.1) is 6.61 Å². The number of rotatable bonds is 9. The van der Waals surface area contributed by atoms with Gasteiger partial charge >= 0.3 is 0 Å². The molecule has 2 nitrogen and oxygen atoms in total. The molecule has 0 aliphatic carbocycles. The summed E-state index contributed by atoms with van der Waals surface area (Å²) in [5, 5.41) is 3.61. The van der Waals surface area contributed by atoms with Gasteiger partial charge in [0, 0.05) is 6.04 Å². The highest BCUT2D eigenvalue weighted by atomic mass is 16.5. The zero-order chi connectivity index (χ0) is 14.1. The number of ether oxygens (including phenoxy) is 1. The van der Waals surface area contributed by atoms with Crippen LogP contribution in [-0.2, 0) is 0 Å². The largest absolute Gasteiger partial charge is 0.494 e. The van der Waals surface area contributed by atoms with E-state index >= 15 is 0 Å². The minimum atomic E-state index is 0.555. The van der Waals surface area contributed by atoms with Gasteiger partial charge in [-0.25, -0.2) is 0 Å². The molecule has 0 heterocycles. The molecule has 0 saturated carbocycles. The second-order valence-corrected chi connectivity index (χ2v) is 5.60. The highest BCUT2D eigenvalue weighted by molar-refractivity contribution is 5.20. The third kappa shape index (κ3) is 6.11. The summed E-state index contributed by atoms with van der Waals surface area (Å²) in [5.41, 5.74) is 0. The summed E-state index contributed by atoms with van der Waals surface area (Å²) in [6, 6.07) is 10.6. The van der Waals surface area contributed by atoms with Crippen molar-refractivity contribution in [1.82, 2.24) is 5.32 Å². The normalized spacial score (nSPS) is 14.4. The smallest absolute Gasteiger partial charge is 0.119 e. The van der Waals surface area contributed by atoms with Gasteiger partial charge < -0.3 is 10.1 Å². The van der Waals surface area contributed by atoms with Crippen molar-refractivity contribution < 1.29 is 4.74 Å². The second kappa shape index (κ2) is 8.98.